The standard InChI is InChI=1S/C14H17ClN2O8/c1-6(19)16-11(14(23)13(22)10(20)5-18)12(21)8-3-2-7(17(24)25)4-9(8)15/h2-4,10-11,13-14,18,20,22-23H,5H2,1H3,(H,16,19)/t10-,11+,13-,14-/m1/s1. The van der Waals surface area contributed by atoms with Crippen molar-refractivity contribution >= 4 is 29.0 Å². The van der Waals surface area contributed by atoms with Gasteiger partial charge >= 0.3 is 0 Å². The van der Waals surface area contributed by atoms with E-state index in [1.54, 1.807) is 0 Å². The van der Waals surface area contributed by atoms with E-state index in [1.165, 1.54) is 0 Å². The molecular formula is C14H17ClN2O8. The number of ketones is 1. The molecule has 0 aliphatic heterocycles. The highest BCUT2D eigenvalue weighted by Crippen LogP contribution is 2.24. The lowest BCUT2D eigenvalue weighted by Gasteiger charge is -2.28. The van der Waals surface area contributed by atoms with Crippen LogP contribution in [0.4, 0.5) is 5.69 Å². The number of non-ortho nitro benzene ring substituents is 1. The van der Waals surface area contributed by atoms with Crippen molar-refractivity contribution in [1.29, 1.82) is 0 Å². The number of aliphatic hydroxyl groups excluding tert-OH is 4. The van der Waals surface area contributed by atoms with Crippen molar-refractivity contribution in [2.24, 2.45) is 0 Å². The zero-order valence-corrected chi connectivity index (χ0v) is 13.8. The van der Waals surface area contributed by atoms with Crippen LogP contribution in [0.1, 0.15) is 17.3 Å². The van der Waals surface area contributed by atoms with Crippen LogP contribution in [0.5, 0.6) is 0 Å². The Labute approximate surface area is 146 Å². The van der Waals surface area contributed by atoms with Crippen LogP contribution in [0.25, 0.3) is 0 Å². The molecular weight excluding hydrogens is 360 g/mol. The number of carbonyl (C=O) groups is 2. The van der Waals surface area contributed by atoms with Crippen molar-refractivity contribution in [1.82, 2.24) is 5.32 Å². The fraction of sp³-hybridized carbons (Fsp3) is 0.429. The van der Waals surface area contributed by atoms with E-state index in [1.807, 2.05) is 0 Å². The van der Waals surface area contributed by atoms with E-state index in [4.69, 9.17) is 16.7 Å². The van der Waals surface area contributed by atoms with Gasteiger partial charge in [-0.1, -0.05) is 11.6 Å². The maximum atomic E-state index is 12.6. The Morgan fingerprint density at radius 3 is 2.32 bits per heavy atom. The van der Waals surface area contributed by atoms with Crippen LogP contribution in [0, 0.1) is 10.1 Å². The number of aliphatic hydroxyl groups is 4. The highest BCUT2D eigenvalue weighted by molar-refractivity contribution is 6.34. The van der Waals surface area contributed by atoms with Gasteiger partial charge in [-0.05, 0) is 6.07 Å². The van der Waals surface area contributed by atoms with Gasteiger partial charge < -0.3 is 25.7 Å². The molecule has 0 aromatic heterocycles. The quantitative estimate of drug-likeness (QED) is 0.219. The average molecular weight is 377 g/mol. The van der Waals surface area contributed by atoms with Gasteiger partial charge in [-0.15, -0.1) is 0 Å². The van der Waals surface area contributed by atoms with Crippen molar-refractivity contribution in [2.45, 2.75) is 31.3 Å². The summed E-state index contributed by atoms with van der Waals surface area (Å²) in [5.41, 5.74) is -0.607. The molecule has 4 atom stereocenters. The Morgan fingerprint density at radius 2 is 1.88 bits per heavy atom. The lowest BCUT2D eigenvalue weighted by molar-refractivity contribution is -0.384. The molecule has 1 aromatic rings. The van der Waals surface area contributed by atoms with Crippen molar-refractivity contribution in [2.75, 3.05) is 6.61 Å². The number of nitro benzene ring substituents is 1. The molecule has 25 heavy (non-hydrogen) atoms. The van der Waals surface area contributed by atoms with Crippen molar-refractivity contribution in [3.8, 4) is 0 Å². The number of amides is 1. The van der Waals surface area contributed by atoms with Crippen molar-refractivity contribution in [3.63, 3.8) is 0 Å². The first kappa shape index (κ1) is 20.9. The van der Waals surface area contributed by atoms with Gasteiger partial charge in [-0.2, -0.15) is 0 Å². The van der Waals surface area contributed by atoms with Crippen molar-refractivity contribution < 1.29 is 34.9 Å². The summed E-state index contributed by atoms with van der Waals surface area (Å²) in [7, 11) is 0. The molecule has 1 aromatic carbocycles. The van der Waals surface area contributed by atoms with Crippen LogP contribution >= 0.6 is 11.6 Å². The summed E-state index contributed by atoms with van der Waals surface area (Å²) in [6.45, 7) is 0.163. The summed E-state index contributed by atoms with van der Waals surface area (Å²) >= 11 is 5.85. The second-order valence-corrected chi connectivity index (χ2v) is 5.60. The number of rotatable bonds is 8. The summed E-state index contributed by atoms with van der Waals surface area (Å²) in [5.74, 6) is -1.66. The smallest absolute Gasteiger partial charge is 0.270 e. The summed E-state index contributed by atoms with van der Waals surface area (Å²) in [5, 5.41) is 50.6. The topological polar surface area (TPSA) is 170 Å². The van der Waals surface area contributed by atoms with Crippen LogP contribution < -0.4 is 5.32 Å². The van der Waals surface area contributed by atoms with Gasteiger partial charge in [0.25, 0.3) is 5.69 Å². The molecule has 0 saturated heterocycles. The molecule has 0 saturated carbocycles. The zero-order valence-electron chi connectivity index (χ0n) is 13.0. The van der Waals surface area contributed by atoms with Crippen LogP contribution in [-0.2, 0) is 4.79 Å². The minimum Gasteiger partial charge on any atom is -0.394 e. The van der Waals surface area contributed by atoms with E-state index >= 15 is 0 Å². The monoisotopic (exact) mass is 376 g/mol. The Kier molecular flexibility index (Phi) is 7.39. The SMILES string of the molecule is CC(=O)N[C@@H](C(=O)c1ccc([N+](=O)[O-])cc1Cl)[C@@H](O)[C@H](O)[C@H](O)CO. The molecule has 0 spiro atoms. The maximum absolute atomic E-state index is 12.6. The van der Waals surface area contributed by atoms with Crippen LogP contribution in [0.3, 0.4) is 0 Å². The second kappa shape index (κ2) is 8.83. The van der Waals surface area contributed by atoms with E-state index in [-0.39, 0.29) is 16.3 Å². The lowest BCUT2D eigenvalue weighted by Crippen LogP contribution is -2.55. The minimum absolute atomic E-state index is 0.240. The third-order valence-corrected chi connectivity index (χ3v) is 3.66. The molecule has 1 rings (SSSR count). The molecule has 10 nitrogen and oxygen atoms in total. The number of halogens is 1. The van der Waals surface area contributed by atoms with E-state index in [2.05, 4.69) is 5.32 Å². The molecule has 0 unspecified atom stereocenters. The Hall–Kier alpha value is -2.11. The predicted octanol–water partition coefficient (Wildman–Crippen LogP) is -0.989. The number of nitrogens with one attached hydrogen (secondary N) is 1. The maximum Gasteiger partial charge on any atom is 0.270 e. The fourth-order valence-electron chi connectivity index (χ4n) is 2.04. The normalized spacial score (nSPS) is 15.8. The molecule has 1 amide bonds. The second-order valence-electron chi connectivity index (χ2n) is 5.19. The molecule has 0 heterocycles. The predicted molar refractivity (Wildman–Crippen MR) is 85.1 cm³/mol. The molecule has 0 fully saturated rings. The number of benzene rings is 1. The van der Waals surface area contributed by atoms with Gasteiger partial charge in [0.1, 0.15) is 24.4 Å². The summed E-state index contributed by atoms with van der Waals surface area (Å²) in [6, 6.07) is 1.27. The van der Waals surface area contributed by atoms with E-state index < -0.39 is 47.6 Å². The third-order valence-electron chi connectivity index (χ3n) is 3.34. The summed E-state index contributed by atoms with van der Waals surface area (Å²) in [6.07, 6.45) is -5.67. The molecule has 0 radical (unpaired) electrons. The third kappa shape index (κ3) is 5.18. The number of hydrogen-bond donors (Lipinski definition) is 5. The first-order chi connectivity index (χ1) is 11.6. The Balaban J connectivity index is 3.20. The minimum atomic E-state index is -1.97. The van der Waals surface area contributed by atoms with Crippen LogP contribution in [-0.4, -0.2) is 68.0 Å². The van der Waals surface area contributed by atoms with E-state index in [9.17, 15) is 35.0 Å². The van der Waals surface area contributed by atoms with Gasteiger partial charge in [-0.25, -0.2) is 0 Å². The summed E-state index contributed by atoms with van der Waals surface area (Å²) < 4.78 is 0. The number of hydrogen-bond acceptors (Lipinski definition) is 8. The first-order valence-corrected chi connectivity index (χ1v) is 7.38. The molecule has 138 valence electrons. The fourth-order valence-corrected chi connectivity index (χ4v) is 2.31. The Morgan fingerprint density at radius 1 is 1.28 bits per heavy atom. The van der Waals surface area contributed by atoms with E-state index in [0.29, 0.717) is 0 Å². The zero-order chi connectivity index (χ0) is 19.3. The first-order valence-electron chi connectivity index (χ1n) is 7.00. The van der Waals surface area contributed by atoms with E-state index in [0.717, 1.165) is 25.1 Å². The van der Waals surface area contributed by atoms with Crippen LogP contribution in [0.15, 0.2) is 18.2 Å². The van der Waals surface area contributed by atoms with Gasteiger partial charge in [0.05, 0.1) is 16.6 Å². The highest BCUT2D eigenvalue weighted by atomic mass is 35.5. The molecule has 0 aliphatic rings. The number of nitrogens with zero attached hydrogens (tertiary/aromatic N) is 1. The van der Waals surface area contributed by atoms with Gasteiger partial charge in [0.2, 0.25) is 5.91 Å². The van der Waals surface area contributed by atoms with Gasteiger partial charge in [0, 0.05) is 24.6 Å². The largest absolute Gasteiger partial charge is 0.394 e. The highest BCUT2D eigenvalue weighted by Gasteiger charge is 2.37. The molecule has 5 N–H and O–H groups in total. The average Bonchev–Trinajstić information content (AvgIpc) is 2.56. The molecule has 11 heteroatoms. The van der Waals surface area contributed by atoms with Gasteiger partial charge in [-0.3, -0.25) is 19.7 Å². The number of Topliss-reactive ketones (excluding diaryl/α,β-unsaturated/α-hetero) is 1. The number of nitro groups is 1. The summed E-state index contributed by atoms with van der Waals surface area (Å²) in [4.78, 5) is 33.8. The number of carbonyl (C=O) groups excluding carboxylic acids is 2. The molecule has 0 bridgehead atoms. The van der Waals surface area contributed by atoms with Crippen molar-refractivity contribution in [3.05, 3.63) is 38.9 Å². The lowest BCUT2D eigenvalue weighted by atomic mass is 9.94. The molecule has 0 aliphatic carbocycles. The van der Waals surface area contributed by atoms with Gasteiger partial charge in [0.15, 0.2) is 5.78 Å². The van der Waals surface area contributed by atoms with Crippen LogP contribution in [0.2, 0.25) is 5.02 Å². The Bertz CT molecular complexity index is 668.